The third-order valence-electron chi connectivity index (χ3n) is 3.87. The van der Waals surface area contributed by atoms with Crippen LogP contribution in [-0.4, -0.2) is 22.7 Å². The summed E-state index contributed by atoms with van der Waals surface area (Å²) in [6, 6.07) is 15.5. The number of amides is 4. The molecule has 1 saturated heterocycles. The Hall–Kier alpha value is -2.66. The minimum absolute atomic E-state index is 0.130. The molecule has 3 rings (SSSR count). The Bertz CT molecular complexity index is 792. The molecule has 0 radical (unpaired) electrons. The number of nitrogens with one attached hydrogen (secondary N) is 1. The zero-order valence-corrected chi connectivity index (χ0v) is 13.5. The summed E-state index contributed by atoms with van der Waals surface area (Å²) < 4.78 is 0. The molecule has 1 fully saturated rings. The number of halogens is 1. The van der Waals surface area contributed by atoms with E-state index in [0.717, 1.165) is 16.0 Å². The average Bonchev–Trinajstić information content (AvgIpc) is 2.56. The van der Waals surface area contributed by atoms with Gasteiger partial charge in [-0.05, 0) is 29.7 Å². The predicted molar refractivity (Wildman–Crippen MR) is 89.2 cm³/mol. The van der Waals surface area contributed by atoms with Crippen LogP contribution in [0.1, 0.15) is 11.1 Å². The Balaban J connectivity index is 1.80. The maximum absolute atomic E-state index is 12.7. The second-order valence-corrected chi connectivity index (χ2v) is 6.03. The van der Waals surface area contributed by atoms with Crippen molar-refractivity contribution < 1.29 is 14.4 Å². The van der Waals surface area contributed by atoms with Crippen molar-refractivity contribution in [3.63, 3.8) is 0 Å². The summed E-state index contributed by atoms with van der Waals surface area (Å²) in [4.78, 5) is 37.8. The van der Waals surface area contributed by atoms with Crippen molar-refractivity contribution in [3.8, 4) is 0 Å². The summed E-state index contributed by atoms with van der Waals surface area (Å²) in [5.74, 6) is -2.01. The largest absolute Gasteiger partial charge is 0.331 e. The molecule has 1 atom stereocenters. The molecule has 1 unspecified atom stereocenters. The van der Waals surface area contributed by atoms with E-state index in [4.69, 9.17) is 11.6 Å². The molecule has 5 nitrogen and oxygen atoms in total. The molecule has 2 aromatic carbocycles. The van der Waals surface area contributed by atoms with E-state index in [-0.39, 0.29) is 13.0 Å². The first-order chi connectivity index (χ1) is 11.5. The zero-order valence-electron chi connectivity index (χ0n) is 12.7. The maximum Gasteiger partial charge on any atom is 0.331 e. The van der Waals surface area contributed by atoms with Gasteiger partial charge in [0.15, 0.2) is 0 Å². The van der Waals surface area contributed by atoms with Crippen LogP contribution in [0.3, 0.4) is 0 Å². The minimum Gasteiger partial charge on any atom is -0.277 e. The Morgan fingerprint density at radius 1 is 0.958 bits per heavy atom. The van der Waals surface area contributed by atoms with Crippen LogP contribution in [0.15, 0.2) is 54.6 Å². The SMILES string of the molecule is O=C1NC(=O)N(Cc2ccccc2)C(=O)C1Cc1cccc(Cl)c1. The van der Waals surface area contributed by atoms with Crippen LogP contribution in [0.4, 0.5) is 4.79 Å². The highest BCUT2D eigenvalue weighted by Crippen LogP contribution is 2.20. The fourth-order valence-electron chi connectivity index (χ4n) is 2.66. The van der Waals surface area contributed by atoms with Gasteiger partial charge in [0.2, 0.25) is 11.8 Å². The van der Waals surface area contributed by atoms with E-state index < -0.39 is 23.8 Å². The summed E-state index contributed by atoms with van der Waals surface area (Å²) in [7, 11) is 0. The molecule has 2 aromatic rings. The second-order valence-electron chi connectivity index (χ2n) is 5.59. The Morgan fingerprint density at radius 3 is 2.38 bits per heavy atom. The molecular weight excluding hydrogens is 328 g/mol. The van der Waals surface area contributed by atoms with Gasteiger partial charge in [0.1, 0.15) is 5.92 Å². The average molecular weight is 343 g/mol. The number of hydrogen-bond acceptors (Lipinski definition) is 3. The first-order valence-electron chi connectivity index (χ1n) is 7.49. The standard InChI is InChI=1S/C18H15ClN2O3/c19-14-8-4-7-13(9-14)10-15-16(22)20-18(24)21(17(15)23)11-12-5-2-1-3-6-12/h1-9,15H,10-11H2,(H,20,22,24). The lowest BCUT2D eigenvalue weighted by Crippen LogP contribution is -2.57. The van der Waals surface area contributed by atoms with Crippen molar-refractivity contribution in [2.45, 2.75) is 13.0 Å². The highest BCUT2D eigenvalue weighted by Gasteiger charge is 2.40. The molecular formula is C18H15ClN2O3. The molecule has 0 spiro atoms. The van der Waals surface area contributed by atoms with Gasteiger partial charge in [0.05, 0.1) is 6.54 Å². The van der Waals surface area contributed by atoms with Gasteiger partial charge in [-0.25, -0.2) is 4.79 Å². The normalized spacial score (nSPS) is 17.8. The molecule has 1 heterocycles. The highest BCUT2D eigenvalue weighted by atomic mass is 35.5. The van der Waals surface area contributed by atoms with E-state index in [0.29, 0.717) is 5.02 Å². The molecule has 6 heteroatoms. The number of carbonyl (C=O) groups is 3. The second kappa shape index (κ2) is 6.84. The van der Waals surface area contributed by atoms with Crippen molar-refractivity contribution in [3.05, 3.63) is 70.7 Å². The number of rotatable bonds is 4. The van der Waals surface area contributed by atoms with Crippen molar-refractivity contribution in [1.82, 2.24) is 10.2 Å². The van der Waals surface area contributed by atoms with E-state index >= 15 is 0 Å². The quantitative estimate of drug-likeness (QED) is 0.869. The number of carbonyl (C=O) groups excluding carboxylic acids is 3. The number of benzene rings is 2. The lowest BCUT2D eigenvalue weighted by Gasteiger charge is -2.30. The van der Waals surface area contributed by atoms with Crippen LogP contribution in [0, 0.1) is 5.92 Å². The predicted octanol–water partition coefficient (Wildman–Crippen LogP) is 2.78. The van der Waals surface area contributed by atoms with Crippen LogP contribution in [0.2, 0.25) is 5.02 Å². The van der Waals surface area contributed by atoms with Crippen LogP contribution in [-0.2, 0) is 22.6 Å². The van der Waals surface area contributed by atoms with Crippen molar-refractivity contribution in [2.75, 3.05) is 0 Å². The molecule has 0 aliphatic carbocycles. The van der Waals surface area contributed by atoms with E-state index in [1.165, 1.54) is 0 Å². The molecule has 0 bridgehead atoms. The molecule has 0 saturated carbocycles. The van der Waals surface area contributed by atoms with E-state index in [1.807, 2.05) is 30.3 Å². The van der Waals surface area contributed by atoms with Gasteiger partial charge in [-0.3, -0.25) is 19.8 Å². The number of imide groups is 2. The van der Waals surface area contributed by atoms with Crippen molar-refractivity contribution >= 4 is 29.4 Å². The van der Waals surface area contributed by atoms with Gasteiger partial charge >= 0.3 is 6.03 Å². The van der Waals surface area contributed by atoms with E-state index in [9.17, 15) is 14.4 Å². The first-order valence-corrected chi connectivity index (χ1v) is 7.87. The van der Waals surface area contributed by atoms with Crippen molar-refractivity contribution in [1.29, 1.82) is 0 Å². The van der Waals surface area contributed by atoms with Crippen LogP contribution in [0.5, 0.6) is 0 Å². The summed E-state index contributed by atoms with van der Waals surface area (Å²) in [6.07, 6.45) is 0.198. The number of nitrogens with zero attached hydrogens (tertiary/aromatic N) is 1. The van der Waals surface area contributed by atoms with Gasteiger partial charge in [0.25, 0.3) is 0 Å². The molecule has 1 aliphatic rings. The van der Waals surface area contributed by atoms with Gasteiger partial charge in [-0.2, -0.15) is 0 Å². The molecule has 24 heavy (non-hydrogen) atoms. The summed E-state index contributed by atoms with van der Waals surface area (Å²) in [5, 5.41) is 2.79. The van der Waals surface area contributed by atoms with E-state index in [2.05, 4.69) is 5.32 Å². The Morgan fingerprint density at radius 2 is 1.67 bits per heavy atom. The zero-order chi connectivity index (χ0) is 17.1. The van der Waals surface area contributed by atoms with Gasteiger partial charge < -0.3 is 0 Å². The van der Waals surface area contributed by atoms with Crippen LogP contribution >= 0.6 is 11.6 Å². The lowest BCUT2D eigenvalue weighted by molar-refractivity contribution is -0.142. The van der Waals surface area contributed by atoms with Crippen LogP contribution < -0.4 is 5.32 Å². The Kier molecular flexibility index (Phi) is 4.62. The van der Waals surface area contributed by atoms with Crippen molar-refractivity contribution in [2.24, 2.45) is 5.92 Å². The molecule has 1 N–H and O–H groups in total. The third kappa shape index (κ3) is 3.46. The topological polar surface area (TPSA) is 66.5 Å². The lowest BCUT2D eigenvalue weighted by atomic mass is 9.95. The number of urea groups is 1. The number of barbiturate groups is 1. The fourth-order valence-corrected chi connectivity index (χ4v) is 2.87. The van der Waals surface area contributed by atoms with Gasteiger partial charge in [-0.15, -0.1) is 0 Å². The maximum atomic E-state index is 12.7. The third-order valence-corrected chi connectivity index (χ3v) is 4.10. The summed E-state index contributed by atoms with van der Waals surface area (Å²) in [5.41, 5.74) is 1.59. The first kappa shape index (κ1) is 16.2. The molecule has 4 amide bonds. The van der Waals surface area contributed by atoms with Crippen LogP contribution in [0.25, 0.3) is 0 Å². The summed E-state index contributed by atoms with van der Waals surface area (Å²) in [6.45, 7) is 0.130. The Labute approximate surface area is 144 Å². The minimum atomic E-state index is -0.940. The number of hydrogen-bond donors (Lipinski definition) is 1. The van der Waals surface area contributed by atoms with Gasteiger partial charge in [0, 0.05) is 5.02 Å². The monoisotopic (exact) mass is 342 g/mol. The summed E-state index contributed by atoms with van der Waals surface area (Å²) >= 11 is 5.94. The van der Waals surface area contributed by atoms with Gasteiger partial charge in [-0.1, -0.05) is 54.1 Å². The molecule has 1 aliphatic heterocycles. The molecule has 122 valence electrons. The van der Waals surface area contributed by atoms with E-state index in [1.54, 1.807) is 24.3 Å². The molecule has 0 aromatic heterocycles. The fraction of sp³-hybridized carbons (Fsp3) is 0.167. The highest BCUT2D eigenvalue weighted by molar-refractivity contribution is 6.30. The smallest absolute Gasteiger partial charge is 0.277 e.